The van der Waals surface area contributed by atoms with Crippen LogP contribution in [0.1, 0.15) is 148 Å². The van der Waals surface area contributed by atoms with E-state index in [1.807, 2.05) is 0 Å². The van der Waals surface area contributed by atoms with Gasteiger partial charge in [-0.3, -0.25) is 0 Å². The lowest BCUT2D eigenvalue weighted by atomic mass is 9.71. The van der Waals surface area contributed by atoms with Crippen molar-refractivity contribution in [3.8, 4) is 0 Å². The van der Waals surface area contributed by atoms with Crippen LogP contribution in [0.3, 0.4) is 0 Å². The molecule has 44 heavy (non-hydrogen) atoms. The Kier molecular flexibility index (Phi) is 8.85. The molecule has 3 aliphatic carbocycles. The third kappa shape index (κ3) is 5.88. The standard InChI is InChI=1S/C39H67N5/c1-2-14-29-28(13-1)34-19-24-9-7-11-26(40-24)21-36-30-15-3-5-17-32(30)38(43-36)23-39-33-18-6-4-16-31(33)37(44-39)22-27-12-8-10-25(41-27)20-35(29)42-34/h24-44H,1-23H2. The number of nitrogens with one attached hydrogen (secondary N) is 5. The zero-order chi connectivity index (χ0) is 29.0. The van der Waals surface area contributed by atoms with E-state index in [0.29, 0.717) is 0 Å². The fourth-order valence-corrected chi connectivity index (χ4v) is 14.1. The molecule has 6 saturated heterocycles. The zero-order valence-electron chi connectivity index (χ0n) is 28.0. The first-order chi connectivity index (χ1) is 21.7. The summed E-state index contributed by atoms with van der Waals surface area (Å²) in [6, 6.07) is 7.48. The summed E-state index contributed by atoms with van der Waals surface area (Å²) in [5, 5.41) is 21.9. The molecule has 0 aromatic rings. The lowest BCUT2D eigenvalue weighted by molar-refractivity contribution is 0.195. The average Bonchev–Trinajstić information content (AvgIpc) is 3.69. The van der Waals surface area contributed by atoms with E-state index in [9.17, 15) is 0 Å². The second-order valence-corrected chi connectivity index (χ2v) is 18.1. The Bertz CT molecular complexity index is 898. The van der Waals surface area contributed by atoms with Gasteiger partial charge in [0.1, 0.15) is 0 Å². The third-order valence-corrected chi connectivity index (χ3v) is 15.8. The van der Waals surface area contributed by atoms with E-state index >= 15 is 0 Å². The van der Waals surface area contributed by atoms with Gasteiger partial charge in [0.25, 0.3) is 0 Å². The zero-order valence-corrected chi connectivity index (χ0v) is 28.0. The molecule has 248 valence electrons. The highest BCUT2D eigenvalue weighted by Crippen LogP contribution is 2.48. The van der Waals surface area contributed by atoms with E-state index in [4.69, 9.17) is 0 Å². The normalized spacial score (nSPS) is 54.5. The maximum atomic E-state index is 4.43. The van der Waals surface area contributed by atoms with Gasteiger partial charge in [-0.1, -0.05) is 51.4 Å². The maximum Gasteiger partial charge on any atom is 0.0116 e. The van der Waals surface area contributed by atoms with Crippen molar-refractivity contribution >= 4 is 0 Å². The molecule has 0 aromatic carbocycles. The highest BCUT2D eigenvalue weighted by Gasteiger charge is 2.50. The van der Waals surface area contributed by atoms with Crippen LogP contribution >= 0.6 is 0 Å². The summed E-state index contributed by atoms with van der Waals surface area (Å²) in [4.78, 5) is 0. The van der Waals surface area contributed by atoms with Crippen molar-refractivity contribution < 1.29 is 0 Å². The van der Waals surface area contributed by atoms with Crippen LogP contribution in [-0.4, -0.2) is 60.4 Å². The monoisotopic (exact) mass is 606 g/mol. The molecule has 5 N–H and O–H groups in total. The van der Waals surface area contributed by atoms with E-state index in [-0.39, 0.29) is 0 Å². The van der Waals surface area contributed by atoms with Crippen LogP contribution in [-0.2, 0) is 0 Å². The number of hydrogen-bond acceptors (Lipinski definition) is 5. The predicted octanol–water partition coefficient (Wildman–Crippen LogP) is 6.41. The van der Waals surface area contributed by atoms with Gasteiger partial charge in [-0.15, -0.1) is 0 Å². The van der Waals surface area contributed by atoms with Crippen molar-refractivity contribution in [3.05, 3.63) is 0 Å². The second-order valence-electron chi connectivity index (χ2n) is 18.1. The van der Waals surface area contributed by atoms with Gasteiger partial charge in [-0.25, -0.2) is 0 Å². The SMILES string of the molecule is C1CC2CC3NC(CC4CCCC(CC5NC(CC6NC(CC(C1)N2)C1CCCCC61)C1CCCCC51)N4)C1CCCCC31. The molecule has 9 rings (SSSR count). The van der Waals surface area contributed by atoms with E-state index in [1.54, 1.807) is 0 Å². The topological polar surface area (TPSA) is 60.1 Å². The van der Waals surface area contributed by atoms with Gasteiger partial charge in [0, 0.05) is 60.4 Å². The van der Waals surface area contributed by atoms with Crippen LogP contribution in [0.4, 0.5) is 0 Å². The summed E-state index contributed by atoms with van der Waals surface area (Å²) >= 11 is 0. The van der Waals surface area contributed by atoms with Crippen molar-refractivity contribution in [3.63, 3.8) is 0 Å². The van der Waals surface area contributed by atoms with Crippen LogP contribution in [0.2, 0.25) is 0 Å². The van der Waals surface area contributed by atoms with Crippen LogP contribution in [0.25, 0.3) is 0 Å². The van der Waals surface area contributed by atoms with Gasteiger partial charge < -0.3 is 26.6 Å². The first kappa shape index (κ1) is 29.9. The van der Waals surface area contributed by atoms with E-state index in [0.717, 1.165) is 95.9 Å². The third-order valence-electron chi connectivity index (χ3n) is 15.8. The molecule has 9 fully saturated rings. The average molecular weight is 606 g/mol. The molecule has 16 atom stereocenters. The molecule has 5 heteroatoms. The molecule has 10 bridgehead atoms. The summed E-state index contributed by atoms with van der Waals surface area (Å²) in [7, 11) is 0. The van der Waals surface area contributed by atoms with Crippen molar-refractivity contribution in [1.29, 1.82) is 0 Å². The van der Waals surface area contributed by atoms with Gasteiger partial charge in [0.15, 0.2) is 0 Å². The molecule has 9 aliphatic rings. The fraction of sp³-hybridized carbons (Fsp3) is 1.00. The Balaban J connectivity index is 0.989. The minimum absolute atomic E-state index is 0.734. The minimum atomic E-state index is 0.734. The van der Waals surface area contributed by atoms with Crippen LogP contribution in [0.5, 0.6) is 0 Å². The molecular formula is C39H67N5. The lowest BCUT2D eigenvalue weighted by Crippen LogP contribution is -2.50. The smallest absolute Gasteiger partial charge is 0.0116 e. The van der Waals surface area contributed by atoms with Crippen LogP contribution < -0.4 is 26.6 Å². The van der Waals surface area contributed by atoms with Crippen molar-refractivity contribution in [2.75, 3.05) is 0 Å². The second kappa shape index (κ2) is 13.0. The number of rotatable bonds is 0. The van der Waals surface area contributed by atoms with Gasteiger partial charge in [0.2, 0.25) is 0 Å². The lowest BCUT2D eigenvalue weighted by Gasteiger charge is -2.37. The minimum Gasteiger partial charge on any atom is -0.311 e. The van der Waals surface area contributed by atoms with Crippen molar-refractivity contribution in [1.82, 2.24) is 26.6 Å². The summed E-state index contributed by atoms with van der Waals surface area (Å²) in [6.07, 6.45) is 33.3. The molecular weight excluding hydrogens is 538 g/mol. The Labute approximate surface area is 269 Å². The van der Waals surface area contributed by atoms with Crippen molar-refractivity contribution in [2.45, 2.75) is 208 Å². The van der Waals surface area contributed by atoms with E-state index in [2.05, 4.69) is 26.6 Å². The highest BCUT2D eigenvalue weighted by molar-refractivity contribution is 5.08. The highest BCUT2D eigenvalue weighted by atomic mass is 15.1. The largest absolute Gasteiger partial charge is 0.311 e. The molecule has 3 saturated carbocycles. The Morgan fingerprint density at radius 1 is 0.227 bits per heavy atom. The summed E-state index contributed by atoms with van der Waals surface area (Å²) in [5.41, 5.74) is 0. The van der Waals surface area contributed by atoms with Gasteiger partial charge in [-0.2, -0.15) is 0 Å². The van der Waals surface area contributed by atoms with E-state index < -0.39 is 0 Å². The Morgan fingerprint density at radius 3 is 0.750 bits per heavy atom. The van der Waals surface area contributed by atoms with Gasteiger partial charge in [0.05, 0.1) is 0 Å². The molecule has 6 aliphatic heterocycles. The van der Waals surface area contributed by atoms with Crippen LogP contribution in [0.15, 0.2) is 0 Å². The first-order valence-electron chi connectivity index (χ1n) is 20.6. The number of piperidine rings is 2. The quantitative estimate of drug-likeness (QED) is 0.221. The predicted molar refractivity (Wildman–Crippen MR) is 181 cm³/mol. The van der Waals surface area contributed by atoms with Crippen molar-refractivity contribution in [2.24, 2.45) is 35.5 Å². The Hall–Kier alpha value is -0.200. The summed E-state index contributed by atoms with van der Waals surface area (Å²) < 4.78 is 0. The molecule has 16 unspecified atom stereocenters. The molecule has 0 spiro atoms. The molecule has 6 heterocycles. The van der Waals surface area contributed by atoms with E-state index in [1.165, 1.54) is 148 Å². The molecule has 0 amide bonds. The fourth-order valence-electron chi connectivity index (χ4n) is 14.1. The summed E-state index contributed by atoms with van der Waals surface area (Å²) in [6.45, 7) is 0. The van der Waals surface area contributed by atoms with Gasteiger partial charge in [-0.05, 0) is 132 Å². The number of fused-ring (bicyclic) bond motifs is 19. The van der Waals surface area contributed by atoms with Crippen LogP contribution in [0, 0.1) is 35.5 Å². The Morgan fingerprint density at radius 2 is 0.477 bits per heavy atom. The maximum absolute atomic E-state index is 4.43. The molecule has 5 nitrogen and oxygen atoms in total. The summed E-state index contributed by atoms with van der Waals surface area (Å²) in [5.74, 6) is 5.63. The molecule has 0 radical (unpaired) electrons. The first-order valence-corrected chi connectivity index (χ1v) is 20.6. The van der Waals surface area contributed by atoms with Gasteiger partial charge >= 0.3 is 0 Å². The number of hydrogen-bond donors (Lipinski definition) is 5. The molecule has 0 aromatic heterocycles.